The molecule has 0 aromatic heterocycles. The monoisotopic (exact) mass is 914 g/mol. The van der Waals surface area contributed by atoms with Crippen LogP contribution in [0.15, 0.2) is 182 Å². The molecule has 2 fully saturated rings. The van der Waals surface area contributed by atoms with Gasteiger partial charge in [0.1, 0.15) is 0 Å². The first kappa shape index (κ1) is 43.4. The Balaban J connectivity index is 0.00000171. The van der Waals surface area contributed by atoms with Gasteiger partial charge in [0.2, 0.25) is 0 Å². The lowest BCUT2D eigenvalue weighted by Gasteiger charge is -2.50. The second-order valence-electron chi connectivity index (χ2n) is 13.7. The van der Waals surface area contributed by atoms with Gasteiger partial charge in [-0.3, -0.25) is 0 Å². The number of hydrogen-bond donors (Lipinski definition) is 3. The molecule has 7 unspecified atom stereocenters. The van der Waals surface area contributed by atoms with Crippen LogP contribution >= 0.6 is 0 Å². The summed E-state index contributed by atoms with van der Waals surface area (Å²) in [5.41, 5.74) is 0. The van der Waals surface area contributed by atoms with Gasteiger partial charge in [0, 0.05) is 40.2 Å². The maximum Gasteiger partial charge on any atom is 0.527 e. The molecule has 12 nitrogen and oxygen atoms in total. The highest BCUT2D eigenvalue weighted by Crippen LogP contribution is 2.35. The SMILES string of the molecule is COC.C[SiH]1CO[Si](O)(c2ccccc2)O[Si]2(c3ccccc3)O[Si](O)(c3ccccc3)O[Si](O[SiH](O)c3ccccc3)(c3ccccc3)O[Si](c3ccccc3)(O1)O2. The van der Waals surface area contributed by atoms with Gasteiger partial charge in [-0.05, 0) is 11.7 Å². The molecule has 0 radical (unpaired) electrons. The van der Waals surface area contributed by atoms with Crippen LogP contribution in [0.5, 0.6) is 0 Å². The van der Waals surface area contributed by atoms with Gasteiger partial charge in [-0.1, -0.05) is 182 Å². The van der Waals surface area contributed by atoms with E-state index in [1.54, 1.807) is 111 Å². The highest BCUT2D eigenvalue weighted by Gasteiger charge is 2.72. The Morgan fingerprint density at radius 3 is 1.37 bits per heavy atom. The molecule has 2 saturated heterocycles. The first-order chi connectivity index (χ1) is 28.6. The minimum atomic E-state index is -4.92. The molecule has 2 bridgehead atoms. The summed E-state index contributed by atoms with van der Waals surface area (Å²) < 4.78 is 61.3. The third kappa shape index (κ3) is 9.64. The molecular weight excluding hydrogens is 869 g/mol. The average molecular weight is 915 g/mol. The van der Waals surface area contributed by atoms with Crippen molar-refractivity contribution in [1.82, 2.24) is 0 Å². The molecule has 0 spiro atoms. The van der Waals surface area contributed by atoms with E-state index in [0.29, 0.717) is 25.9 Å². The predicted octanol–water partition coefficient (Wildman–Crippen LogP) is 0.637. The summed E-state index contributed by atoms with van der Waals surface area (Å²) in [6.07, 6.45) is 0.00850. The van der Waals surface area contributed by atoms with Gasteiger partial charge in [0.25, 0.3) is 0 Å². The summed E-state index contributed by atoms with van der Waals surface area (Å²) in [5.74, 6) is 0. The van der Waals surface area contributed by atoms with Gasteiger partial charge in [-0.15, -0.1) is 0 Å². The number of hydrogen-bond acceptors (Lipinski definition) is 12. The van der Waals surface area contributed by atoms with Gasteiger partial charge in [0.15, 0.2) is 9.04 Å². The first-order valence-electron chi connectivity index (χ1n) is 18.9. The second kappa shape index (κ2) is 19.0. The quantitative estimate of drug-likeness (QED) is 0.185. The van der Waals surface area contributed by atoms with Gasteiger partial charge >= 0.3 is 53.3 Å². The van der Waals surface area contributed by atoms with Crippen LogP contribution in [-0.4, -0.2) is 97.2 Å². The molecule has 3 N–H and O–H groups in total. The van der Waals surface area contributed by atoms with Crippen molar-refractivity contribution >= 4 is 93.5 Å². The van der Waals surface area contributed by atoms with Gasteiger partial charge in [-0.2, -0.15) is 0 Å². The molecule has 2 heterocycles. The fourth-order valence-electron chi connectivity index (χ4n) is 6.55. The molecule has 6 aromatic carbocycles. The van der Waals surface area contributed by atoms with Crippen molar-refractivity contribution in [1.29, 1.82) is 0 Å². The highest BCUT2D eigenvalue weighted by atomic mass is 28.6. The summed E-state index contributed by atoms with van der Waals surface area (Å²) >= 11 is 0. The molecule has 2 aliphatic heterocycles. The van der Waals surface area contributed by atoms with Crippen molar-refractivity contribution < 1.29 is 52.4 Å². The van der Waals surface area contributed by atoms with Crippen LogP contribution in [0.25, 0.3) is 0 Å². The van der Waals surface area contributed by atoms with Crippen molar-refractivity contribution in [2.45, 2.75) is 6.55 Å². The lowest BCUT2D eigenvalue weighted by atomic mass is 10.4. The van der Waals surface area contributed by atoms with E-state index in [9.17, 15) is 14.4 Å². The molecule has 19 heteroatoms. The summed E-state index contributed by atoms with van der Waals surface area (Å²) in [4.78, 5) is 38.2. The number of methoxy groups -OCH3 is 1. The Bertz CT molecular complexity index is 2220. The fraction of sp³-hybridized carbons (Fsp3) is 0.100. The maximum absolute atomic E-state index is 13.4. The van der Waals surface area contributed by atoms with Crippen LogP contribution in [-0.2, 0) is 38.0 Å². The van der Waals surface area contributed by atoms with E-state index >= 15 is 0 Å². The van der Waals surface area contributed by atoms with E-state index in [0.717, 1.165) is 0 Å². The van der Waals surface area contributed by atoms with Gasteiger partial charge < -0.3 is 52.4 Å². The molecule has 0 amide bonds. The van der Waals surface area contributed by atoms with E-state index in [1.165, 1.54) is 0 Å². The molecule has 59 heavy (non-hydrogen) atoms. The Morgan fingerprint density at radius 1 is 0.492 bits per heavy atom. The molecule has 306 valence electrons. The molecular formula is C40H46O12Si7. The smallest absolute Gasteiger partial charge is 0.414 e. The summed E-state index contributed by atoms with van der Waals surface area (Å²) in [6, 6.07) is 53.9. The van der Waals surface area contributed by atoms with Crippen LogP contribution < -0.4 is 31.1 Å². The Hall–Kier alpha value is -3.64. The van der Waals surface area contributed by atoms with E-state index in [-0.39, 0.29) is 11.4 Å². The number of fused-ring (bicyclic) bond motifs is 2. The van der Waals surface area contributed by atoms with Crippen LogP contribution in [0.4, 0.5) is 0 Å². The number of rotatable bonds is 8. The highest BCUT2D eigenvalue weighted by molar-refractivity contribution is 7.04. The zero-order valence-corrected chi connectivity index (χ0v) is 40.0. The van der Waals surface area contributed by atoms with E-state index in [2.05, 4.69) is 4.74 Å². The summed E-state index contributed by atoms with van der Waals surface area (Å²) in [5, 5.41) is 2.64. The summed E-state index contributed by atoms with van der Waals surface area (Å²) in [7, 11) is -26.0. The van der Waals surface area contributed by atoms with Crippen molar-refractivity contribution in [2.75, 3.05) is 20.4 Å². The van der Waals surface area contributed by atoms with Gasteiger partial charge in [0.05, 0.1) is 6.23 Å². The average Bonchev–Trinajstić information content (AvgIpc) is 3.32. The maximum atomic E-state index is 13.4. The topological polar surface area (TPSA) is 144 Å². The third-order valence-corrected chi connectivity index (χ3v) is 32.8. The molecule has 8 rings (SSSR count). The molecule has 7 atom stereocenters. The van der Waals surface area contributed by atoms with E-state index in [1.807, 2.05) is 91.5 Å². The van der Waals surface area contributed by atoms with Crippen molar-refractivity contribution in [3.05, 3.63) is 182 Å². The molecule has 2 aliphatic rings. The van der Waals surface area contributed by atoms with Crippen molar-refractivity contribution in [3.8, 4) is 0 Å². The van der Waals surface area contributed by atoms with E-state index in [4.69, 9.17) is 33.2 Å². The standard InChI is InChI=1S/C38H40O11Si7.C2H6O/c1-50-32-42-52(40,34-22-10-3-11-23-34)45-56(38-30-18-7-19-31-38)47-53(41,35-24-12-4-13-25-35)46-55(37-28-16-6-17-29-37,44-51(39)33-20-8-2-9-21-33)48-54(43-50,49-56)36-26-14-5-15-27-36;1-3-2/h2-31,39-41,50-51H,32H2,1H3;1-2H3. The first-order valence-corrected chi connectivity index (χ1v) is 31.6. The number of ether oxygens (including phenoxy) is 1. The number of benzene rings is 6. The van der Waals surface area contributed by atoms with Crippen LogP contribution in [0.2, 0.25) is 6.55 Å². The zero-order valence-electron chi connectivity index (χ0n) is 32.7. The Morgan fingerprint density at radius 2 is 0.881 bits per heavy atom. The Kier molecular flexibility index (Phi) is 14.0. The third-order valence-electron chi connectivity index (χ3n) is 9.24. The van der Waals surface area contributed by atoms with Crippen LogP contribution in [0.3, 0.4) is 0 Å². The van der Waals surface area contributed by atoms with Crippen LogP contribution in [0, 0.1) is 0 Å². The zero-order chi connectivity index (χ0) is 41.4. The predicted molar refractivity (Wildman–Crippen MR) is 239 cm³/mol. The normalized spacial score (nSPS) is 28.9. The lowest BCUT2D eigenvalue weighted by molar-refractivity contribution is 0.0901. The second-order valence-corrected chi connectivity index (χ2v) is 31.8. The molecule has 6 aromatic rings. The Labute approximate surface area is 353 Å². The molecule has 0 aliphatic carbocycles. The minimum absolute atomic E-state index is 0.00850. The largest absolute Gasteiger partial charge is 0.527 e. The van der Waals surface area contributed by atoms with Crippen LogP contribution in [0.1, 0.15) is 0 Å². The summed E-state index contributed by atoms with van der Waals surface area (Å²) in [6.45, 7) is 1.93. The van der Waals surface area contributed by atoms with Gasteiger partial charge in [-0.25, -0.2) is 0 Å². The van der Waals surface area contributed by atoms with E-state index < -0.39 is 62.3 Å². The minimum Gasteiger partial charge on any atom is -0.414 e. The van der Waals surface area contributed by atoms with Crippen molar-refractivity contribution in [3.63, 3.8) is 0 Å². The lowest BCUT2D eigenvalue weighted by Crippen LogP contribution is -2.84. The fourth-order valence-corrected chi connectivity index (χ4v) is 35.2. The molecule has 0 saturated carbocycles. The van der Waals surface area contributed by atoms with Crippen molar-refractivity contribution in [2.24, 2.45) is 0 Å².